The molecule has 64 heavy (non-hydrogen) atoms. The van der Waals surface area contributed by atoms with Crippen LogP contribution in [0, 0.1) is 18.7 Å². The number of aromatic nitrogens is 5. The number of hydrogen-bond donors (Lipinski definition) is 3. The van der Waals surface area contributed by atoms with E-state index in [1.54, 1.807) is 12.1 Å². The van der Waals surface area contributed by atoms with Crippen molar-refractivity contribution in [3.63, 3.8) is 0 Å². The number of halogens is 1. The molecule has 3 aromatic carbocycles. The number of rotatable bonds is 11. The van der Waals surface area contributed by atoms with E-state index in [1.165, 1.54) is 5.69 Å². The van der Waals surface area contributed by atoms with Crippen LogP contribution in [0.2, 0.25) is 0 Å². The summed E-state index contributed by atoms with van der Waals surface area (Å²) in [6.07, 6.45) is 5.76. The van der Waals surface area contributed by atoms with Crippen molar-refractivity contribution in [1.82, 2.24) is 40.9 Å². The van der Waals surface area contributed by atoms with E-state index < -0.39 is 11.8 Å². The summed E-state index contributed by atoms with van der Waals surface area (Å²) in [5.74, 6) is -0.999. The van der Waals surface area contributed by atoms with Gasteiger partial charge in [-0.3, -0.25) is 29.7 Å². The predicted octanol–water partition coefficient (Wildman–Crippen LogP) is 7.30. The van der Waals surface area contributed by atoms with Crippen LogP contribution < -0.4 is 20.4 Å². The maximum absolute atomic E-state index is 15.2. The average molecular weight is 867 g/mol. The second-order valence-corrected chi connectivity index (χ2v) is 18.5. The Hall–Kier alpha value is -6.48. The predicted molar refractivity (Wildman–Crippen MR) is 243 cm³/mol. The van der Waals surface area contributed by atoms with Crippen LogP contribution >= 0.6 is 0 Å². The van der Waals surface area contributed by atoms with Gasteiger partial charge in [-0.25, -0.2) is 9.37 Å². The van der Waals surface area contributed by atoms with Crippen LogP contribution in [0.1, 0.15) is 92.0 Å². The van der Waals surface area contributed by atoms with Gasteiger partial charge in [-0.1, -0.05) is 56.3 Å². The summed E-state index contributed by atoms with van der Waals surface area (Å²) >= 11 is 0. The number of piperazine rings is 1. The van der Waals surface area contributed by atoms with Crippen LogP contribution in [0.3, 0.4) is 0 Å². The molecule has 1 unspecified atom stereocenters. The zero-order valence-corrected chi connectivity index (χ0v) is 36.9. The van der Waals surface area contributed by atoms with E-state index in [0.717, 1.165) is 110 Å². The first-order valence-electron chi connectivity index (χ1n) is 22.4. The molecule has 3 fully saturated rings. The molecule has 3 aromatic heterocycles. The van der Waals surface area contributed by atoms with Crippen LogP contribution in [0.25, 0.3) is 33.4 Å². The summed E-state index contributed by atoms with van der Waals surface area (Å²) in [5, 5.41) is 17.7. The average Bonchev–Trinajstić information content (AvgIpc) is 3.98. The molecule has 9 rings (SSSR count). The van der Waals surface area contributed by atoms with Crippen molar-refractivity contribution in [2.75, 3.05) is 55.6 Å². The minimum atomic E-state index is -0.616. The molecule has 6 aromatic rings. The van der Waals surface area contributed by atoms with Crippen LogP contribution in [-0.4, -0.2) is 93.8 Å². The summed E-state index contributed by atoms with van der Waals surface area (Å²) in [4.78, 5) is 52.8. The molecule has 0 radical (unpaired) electrons. The minimum absolute atomic E-state index is 0.0225. The number of nitrogens with zero attached hydrogens (tertiary/aromatic N) is 7. The summed E-state index contributed by atoms with van der Waals surface area (Å²) in [6, 6.07) is 22.2. The summed E-state index contributed by atoms with van der Waals surface area (Å²) in [6.45, 7) is 15.1. The molecular formula is C49H55FN10O4. The lowest BCUT2D eigenvalue weighted by molar-refractivity contribution is -0.134. The number of aromatic amines is 1. The zero-order chi connectivity index (χ0) is 44.5. The minimum Gasteiger partial charge on any atom is -0.371 e. The van der Waals surface area contributed by atoms with E-state index in [0.29, 0.717) is 36.0 Å². The molecule has 0 aliphatic carbocycles. The highest BCUT2D eigenvalue weighted by molar-refractivity contribution is 6.01. The fourth-order valence-electron chi connectivity index (χ4n) is 9.13. The Bertz CT molecular complexity index is 2670. The van der Waals surface area contributed by atoms with Gasteiger partial charge in [-0.15, -0.1) is 0 Å². The normalized spacial score (nSPS) is 17.9. The number of fused-ring (bicyclic) bond motifs is 1. The van der Waals surface area contributed by atoms with E-state index in [9.17, 15) is 14.4 Å². The van der Waals surface area contributed by atoms with Crippen LogP contribution in [-0.2, 0) is 21.5 Å². The third-order valence-corrected chi connectivity index (χ3v) is 13.1. The molecule has 3 saturated heterocycles. The number of aryl methyl sites for hydroxylation is 1. The van der Waals surface area contributed by atoms with Gasteiger partial charge in [-0.05, 0) is 98.2 Å². The quantitative estimate of drug-likeness (QED) is 0.112. The Morgan fingerprint density at radius 2 is 1.61 bits per heavy atom. The SMILES string of the molecule is Cc1cc(-c2[nH]nc3ncc(-c4ccc(N5CCN(CCC6CCN(c7ccc(C8CCC(=O)NC8=O)c(F)c7)CC6)CC5)cc4)cc23)ccc1CNC(=O)c1noc(C(C)(C)C)n1. The van der Waals surface area contributed by atoms with Crippen LogP contribution in [0.5, 0.6) is 0 Å². The highest BCUT2D eigenvalue weighted by atomic mass is 19.1. The lowest BCUT2D eigenvalue weighted by atomic mass is 9.89. The van der Waals surface area contributed by atoms with E-state index in [-0.39, 0.29) is 35.3 Å². The van der Waals surface area contributed by atoms with Gasteiger partial charge in [0.15, 0.2) is 5.65 Å². The first-order valence-corrected chi connectivity index (χ1v) is 22.4. The van der Waals surface area contributed by atoms with E-state index in [1.807, 2.05) is 52.1 Å². The van der Waals surface area contributed by atoms with Gasteiger partial charge in [-0.2, -0.15) is 10.1 Å². The lowest BCUT2D eigenvalue weighted by Crippen LogP contribution is -2.47. The molecular weight excluding hydrogens is 812 g/mol. The van der Waals surface area contributed by atoms with Crippen molar-refractivity contribution in [1.29, 1.82) is 0 Å². The molecule has 0 saturated carbocycles. The van der Waals surface area contributed by atoms with Crippen molar-refractivity contribution in [3.05, 3.63) is 107 Å². The summed E-state index contributed by atoms with van der Waals surface area (Å²) in [7, 11) is 0. The molecule has 1 atom stereocenters. The number of benzene rings is 3. The second kappa shape index (κ2) is 17.9. The number of carbonyl (C=O) groups is 3. The maximum atomic E-state index is 15.2. The standard InChI is InChI=1S/C49H55FN10O4/c1-30-25-33(5-6-34(30)28-52-47(63)45-54-48(64-57-45)49(2,3)4)43-40-26-35(29-51-44(40)56-55-43)32-7-9-36(10-8-32)60-23-21-58(22-24-60)18-15-31-16-19-59(20-17-31)37-11-12-38(41(50)27-37)39-13-14-42(61)53-46(39)62/h5-12,25-27,29,31,39H,13-24,28H2,1-4H3,(H,52,63)(H,51,55,56)(H,53,61,62). The molecule has 3 amide bonds. The molecule has 15 heteroatoms. The topological polar surface area (TPSA) is 165 Å². The van der Waals surface area contributed by atoms with Gasteiger partial charge in [0.1, 0.15) is 5.82 Å². The number of piperidine rings is 2. The van der Waals surface area contributed by atoms with Gasteiger partial charge < -0.3 is 19.6 Å². The smallest absolute Gasteiger partial charge is 0.292 e. The number of H-pyrrole nitrogens is 1. The van der Waals surface area contributed by atoms with E-state index in [2.05, 4.69) is 82.1 Å². The van der Waals surface area contributed by atoms with Crippen molar-refractivity contribution in [2.45, 2.75) is 77.7 Å². The number of anilines is 2. The van der Waals surface area contributed by atoms with Crippen molar-refractivity contribution < 1.29 is 23.3 Å². The molecule has 0 spiro atoms. The van der Waals surface area contributed by atoms with Crippen LogP contribution in [0.4, 0.5) is 15.8 Å². The molecule has 0 bridgehead atoms. The number of imide groups is 1. The Morgan fingerprint density at radius 3 is 2.31 bits per heavy atom. The first-order chi connectivity index (χ1) is 30.9. The molecule has 3 aliphatic heterocycles. The number of nitrogens with one attached hydrogen (secondary N) is 3. The lowest BCUT2D eigenvalue weighted by Gasteiger charge is -2.38. The van der Waals surface area contributed by atoms with Crippen LogP contribution in [0.15, 0.2) is 77.4 Å². The number of amides is 3. The Kier molecular flexibility index (Phi) is 12.0. The monoisotopic (exact) mass is 866 g/mol. The second-order valence-electron chi connectivity index (χ2n) is 18.5. The van der Waals surface area contributed by atoms with Crippen molar-refractivity contribution in [3.8, 4) is 22.4 Å². The fraction of sp³-hybridized carbons (Fsp3) is 0.408. The van der Waals surface area contributed by atoms with Gasteiger partial charge in [0.05, 0.1) is 11.6 Å². The Balaban J connectivity index is 0.744. The zero-order valence-electron chi connectivity index (χ0n) is 36.9. The fourth-order valence-corrected chi connectivity index (χ4v) is 9.13. The van der Waals surface area contributed by atoms with Gasteiger partial charge >= 0.3 is 0 Å². The largest absolute Gasteiger partial charge is 0.371 e. The summed E-state index contributed by atoms with van der Waals surface area (Å²) in [5.41, 5.74) is 8.71. The highest BCUT2D eigenvalue weighted by Crippen LogP contribution is 2.34. The molecule has 14 nitrogen and oxygen atoms in total. The number of pyridine rings is 1. The maximum Gasteiger partial charge on any atom is 0.292 e. The van der Waals surface area contributed by atoms with E-state index in [4.69, 9.17) is 9.51 Å². The van der Waals surface area contributed by atoms with Gasteiger partial charge in [0, 0.05) is 97.3 Å². The molecule has 3 aliphatic rings. The van der Waals surface area contributed by atoms with Gasteiger partial charge in [0.2, 0.25) is 17.7 Å². The Morgan fingerprint density at radius 1 is 0.875 bits per heavy atom. The van der Waals surface area contributed by atoms with E-state index >= 15 is 4.39 Å². The third kappa shape index (κ3) is 9.26. The first kappa shape index (κ1) is 42.8. The molecule has 3 N–H and O–H groups in total. The molecule has 6 heterocycles. The summed E-state index contributed by atoms with van der Waals surface area (Å²) < 4.78 is 20.4. The van der Waals surface area contributed by atoms with Crippen molar-refractivity contribution in [2.24, 2.45) is 5.92 Å². The number of hydrogen-bond acceptors (Lipinski definition) is 11. The molecule has 332 valence electrons. The van der Waals surface area contributed by atoms with Crippen molar-refractivity contribution >= 4 is 40.1 Å². The Labute approximate surface area is 372 Å². The van der Waals surface area contributed by atoms with Gasteiger partial charge in [0.25, 0.3) is 11.7 Å². The highest BCUT2D eigenvalue weighted by Gasteiger charge is 2.31. The number of carbonyl (C=O) groups excluding carboxylic acids is 3. The third-order valence-electron chi connectivity index (χ3n) is 13.1.